The van der Waals surface area contributed by atoms with Crippen molar-refractivity contribution in [3.8, 4) is 0 Å². The Labute approximate surface area is 117 Å². The summed E-state index contributed by atoms with van der Waals surface area (Å²) in [4.78, 5) is 0. The van der Waals surface area contributed by atoms with E-state index in [1.165, 1.54) is 12.1 Å². The molecule has 1 aromatic rings. The maximum absolute atomic E-state index is 12.7. The quantitative estimate of drug-likeness (QED) is 0.906. The molecule has 0 bridgehead atoms. The maximum atomic E-state index is 12.7. The first-order chi connectivity index (χ1) is 9.30. The lowest BCUT2D eigenvalue weighted by atomic mass is 10.0. The minimum absolute atomic E-state index is 0.140. The van der Waals surface area contributed by atoms with Gasteiger partial charge in [-0.1, -0.05) is 12.1 Å². The Morgan fingerprint density at radius 3 is 2.75 bits per heavy atom. The number of benzene rings is 1. The van der Waals surface area contributed by atoms with Crippen LogP contribution in [0.5, 0.6) is 0 Å². The topological polar surface area (TPSA) is 21.3 Å². The number of alkyl halides is 3. The fraction of sp³-hybridized carbons (Fsp3) is 0.600. The van der Waals surface area contributed by atoms with E-state index in [0.29, 0.717) is 12.1 Å². The summed E-state index contributed by atoms with van der Waals surface area (Å²) in [5.74, 6) is 0. The van der Waals surface area contributed by atoms with E-state index in [4.69, 9.17) is 4.74 Å². The van der Waals surface area contributed by atoms with Gasteiger partial charge in [0.25, 0.3) is 0 Å². The third-order valence-electron chi connectivity index (χ3n) is 3.80. The number of ether oxygens (including phenoxy) is 1. The van der Waals surface area contributed by atoms with Crippen molar-refractivity contribution in [1.29, 1.82) is 0 Å². The summed E-state index contributed by atoms with van der Waals surface area (Å²) in [6, 6.07) is 5.32. The molecule has 1 aromatic carbocycles. The van der Waals surface area contributed by atoms with Crippen LogP contribution in [0.25, 0.3) is 0 Å². The van der Waals surface area contributed by atoms with E-state index >= 15 is 0 Å². The Balaban J connectivity index is 2.00. The molecule has 0 radical (unpaired) electrons. The van der Waals surface area contributed by atoms with E-state index in [-0.39, 0.29) is 11.6 Å². The summed E-state index contributed by atoms with van der Waals surface area (Å²) >= 11 is 0. The van der Waals surface area contributed by atoms with Crippen LogP contribution in [-0.4, -0.2) is 18.8 Å². The lowest BCUT2D eigenvalue weighted by Crippen LogP contribution is -2.38. The second kappa shape index (κ2) is 5.74. The summed E-state index contributed by atoms with van der Waals surface area (Å²) in [5, 5.41) is 3.27. The average molecular weight is 287 g/mol. The van der Waals surface area contributed by atoms with Crippen molar-refractivity contribution in [2.45, 2.75) is 44.5 Å². The van der Waals surface area contributed by atoms with Crippen molar-refractivity contribution < 1.29 is 17.9 Å². The lowest BCUT2D eigenvalue weighted by molar-refractivity contribution is -0.137. The molecule has 0 aliphatic carbocycles. The minimum Gasteiger partial charge on any atom is -0.374 e. The van der Waals surface area contributed by atoms with Gasteiger partial charge in [0.05, 0.1) is 11.2 Å². The van der Waals surface area contributed by atoms with E-state index in [9.17, 15) is 13.2 Å². The summed E-state index contributed by atoms with van der Waals surface area (Å²) < 4.78 is 43.7. The Kier molecular flexibility index (Phi) is 4.39. The van der Waals surface area contributed by atoms with Crippen LogP contribution in [0, 0.1) is 0 Å². The lowest BCUT2D eigenvalue weighted by Gasteiger charge is -2.26. The normalized spacial score (nSPS) is 24.9. The van der Waals surface area contributed by atoms with Gasteiger partial charge in [0.1, 0.15) is 0 Å². The molecule has 2 unspecified atom stereocenters. The zero-order chi connectivity index (χ0) is 14.8. The number of hydrogen-bond acceptors (Lipinski definition) is 2. The van der Waals surface area contributed by atoms with E-state index in [1.54, 1.807) is 6.07 Å². The summed E-state index contributed by atoms with van der Waals surface area (Å²) in [7, 11) is 0. The van der Waals surface area contributed by atoms with Crippen LogP contribution in [-0.2, 0) is 10.9 Å². The Bertz CT molecular complexity index is 453. The SMILES string of the molecule is CC(NCC1(C)CCCO1)c1cccc(C(F)(F)F)c1. The van der Waals surface area contributed by atoms with E-state index in [2.05, 4.69) is 5.32 Å². The molecule has 0 aromatic heterocycles. The highest BCUT2D eigenvalue weighted by Gasteiger charge is 2.32. The van der Waals surface area contributed by atoms with Gasteiger partial charge in [0.15, 0.2) is 0 Å². The van der Waals surface area contributed by atoms with Gasteiger partial charge < -0.3 is 10.1 Å². The van der Waals surface area contributed by atoms with Gasteiger partial charge in [0, 0.05) is 19.2 Å². The predicted octanol–water partition coefficient (Wildman–Crippen LogP) is 3.93. The second-order valence-electron chi connectivity index (χ2n) is 5.63. The van der Waals surface area contributed by atoms with Gasteiger partial charge in [-0.05, 0) is 44.4 Å². The van der Waals surface area contributed by atoms with Crippen LogP contribution < -0.4 is 5.32 Å². The molecule has 0 saturated carbocycles. The molecule has 0 spiro atoms. The van der Waals surface area contributed by atoms with Gasteiger partial charge in [-0.15, -0.1) is 0 Å². The van der Waals surface area contributed by atoms with Crippen molar-refractivity contribution in [1.82, 2.24) is 5.32 Å². The van der Waals surface area contributed by atoms with Crippen molar-refractivity contribution in [3.63, 3.8) is 0 Å². The third kappa shape index (κ3) is 3.73. The second-order valence-corrected chi connectivity index (χ2v) is 5.63. The van der Waals surface area contributed by atoms with E-state index in [1.807, 2.05) is 13.8 Å². The fourth-order valence-corrected chi connectivity index (χ4v) is 2.45. The minimum atomic E-state index is -4.30. The van der Waals surface area contributed by atoms with E-state index in [0.717, 1.165) is 25.5 Å². The molecule has 1 heterocycles. The third-order valence-corrected chi connectivity index (χ3v) is 3.80. The largest absolute Gasteiger partial charge is 0.416 e. The molecule has 1 aliphatic heterocycles. The first kappa shape index (κ1) is 15.3. The smallest absolute Gasteiger partial charge is 0.374 e. The first-order valence-corrected chi connectivity index (χ1v) is 6.85. The highest BCUT2D eigenvalue weighted by atomic mass is 19.4. The first-order valence-electron chi connectivity index (χ1n) is 6.85. The molecule has 2 atom stereocenters. The Morgan fingerprint density at radius 2 is 2.15 bits per heavy atom. The molecule has 20 heavy (non-hydrogen) atoms. The number of hydrogen-bond donors (Lipinski definition) is 1. The molecule has 2 nitrogen and oxygen atoms in total. The molecule has 1 aliphatic rings. The zero-order valence-electron chi connectivity index (χ0n) is 11.8. The number of rotatable bonds is 4. The summed E-state index contributed by atoms with van der Waals surface area (Å²) in [6.45, 7) is 5.31. The predicted molar refractivity (Wildman–Crippen MR) is 71.5 cm³/mol. The molecule has 0 amide bonds. The fourth-order valence-electron chi connectivity index (χ4n) is 2.45. The molecule has 1 fully saturated rings. The highest BCUT2D eigenvalue weighted by molar-refractivity contribution is 5.27. The van der Waals surface area contributed by atoms with Crippen molar-refractivity contribution >= 4 is 0 Å². The number of nitrogens with one attached hydrogen (secondary N) is 1. The zero-order valence-corrected chi connectivity index (χ0v) is 11.8. The van der Waals surface area contributed by atoms with Crippen LogP contribution in [0.1, 0.15) is 43.9 Å². The molecule has 112 valence electrons. The van der Waals surface area contributed by atoms with Crippen molar-refractivity contribution in [2.24, 2.45) is 0 Å². The van der Waals surface area contributed by atoms with Gasteiger partial charge in [-0.3, -0.25) is 0 Å². The summed E-state index contributed by atoms with van der Waals surface area (Å²) in [5.41, 5.74) is -0.163. The van der Waals surface area contributed by atoms with Gasteiger partial charge in [-0.2, -0.15) is 13.2 Å². The van der Waals surface area contributed by atoms with E-state index < -0.39 is 11.7 Å². The molecular formula is C15H20F3NO. The van der Waals surface area contributed by atoms with Gasteiger partial charge in [-0.25, -0.2) is 0 Å². The maximum Gasteiger partial charge on any atom is 0.416 e. The number of halogens is 3. The average Bonchev–Trinajstić information content (AvgIpc) is 2.83. The van der Waals surface area contributed by atoms with Crippen LogP contribution >= 0.6 is 0 Å². The highest BCUT2D eigenvalue weighted by Crippen LogP contribution is 2.31. The van der Waals surface area contributed by atoms with Gasteiger partial charge >= 0.3 is 6.18 Å². The van der Waals surface area contributed by atoms with Crippen molar-refractivity contribution in [2.75, 3.05) is 13.2 Å². The van der Waals surface area contributed by atoms with Crippen molar-refractivity contribution in [3.05, 3.63) is 35.4 Å². The summed E-state index contributed by atoms with van der Waals surface area (Å²) in [6.07, 6.45) is -2.28. The van der Waals surface area contributed by atoms with Crippen LogP contribution in [0.3, 0.4) is 0 Å². The standard InChI is InChI=1S/C15H20F3NO/c1-11(19-10-14(2)7-4-8-20-14)12-5-3-6-13(9-12)15(16,17)18/h3,5-6,9,11,19H,4,7-8,10H2,1-2H3. The Hall–Kier alpha value is -1.07. The Morgan fingerprint density at radius 1 is 1.40 bits per heavy atom. The molecule has 5 heteroatoms. The molecule has 1 N–H and O–H groups in total. The molecule has 2 rings (SSSR count). The van der Waals surface area contributed by atoms with Crippen LogP contribution in [0.15, 0.2) is 24.3 Å². The molecule has 1 saturated heterocycles. The van der Waals surface area contributed by atoms with Gasteiger partial charge in [0.2, 0.25) is 0 Å². The van der Waals surface area contributed by atoms with Crippen LogP contribution in [0.4, 0.5) is 13.2 Å². The monoisotopic (exact) mass is 287 g/mol. The molecular weight excluding hydrogens is 267 g/mol. The van der Waals surface area contributed by atoms with Crippen LogP contribution in [0.2, 0.25) is 0 Å².